The van der Waals surface area contributed by atoms with E-state index in [9.17, 15) is 4.79 Å². The number of rotatable bonds is 5. The third kappa shape index (κ3) is 2.79. The zero-order valence-corrected chi connectivity index (χ0v) is 13.2. The summed E-state index contributed by atoms with van der Waals surface area (Å²) >= 11 is 3.57. The molecule has 3 rings (SSSR count). The van der Waals surface area contributed by atoms with Crippen LogP contribution in [0.25, 0.3) is 10.9 Å². The van der Waals surface area contributed by atoms with Gasteiger partial charge in [-0.3, -0.25) is 4.79 Å². The fourth-order valence-corrected chi connectivity index (χ4v) is 3.39. The van der Waals surface area contributed by atoms with Crippen LogP contribution >= 0.6 is 15.9 Å². The maximum atomic E-state index is 11.3. The second kappa shape index (κ2) is 6.27. The van der Waals surface area contributed by atoms with Crippen LogP contribution in [0.1, 0.15) is 22.3 Å². The molecule has 0 N–H and O–H groups in total. The van der Waals surface area contributed by atoms with Gasteiger partial charge in [-0.25, -0.2) is 0 Å². The van der Waals surface area contributed by atoms with E-state index in [0.29, 0.717) is 0 Å². The first kappa shape index (κ1) is 14.1. The number of aryl methyl sites for hydroxylation is 2. The summed E-state index contributed by atoms with van der Waals surface area (Å²) in [5.74, 6) is 0. The molecule has 106 valence electrons. The second-order valence-electron chi connectivity index (χ2n) is 5.08. The highest BCUT2D eigenvalue weighted by Gasteiger charge is 2.13. The second-order valence-corrected chi connectivity index (χ2v) is 5.83. The molecule has 0 amide bonds. The Bertz CT molecular complexity index is 761. The van der Waals surface area contributed by atoms with Gasteiger partial charge >= 0.3 is 0 Å². The number of hydrogen-bond donors (Lipinski definition) is 0. The molecule has 0 spiro atoms. The molecule has 0 aliphatic carbocycles. The van der Waals surface area contributed by atoms with Gasteiger partial charge < -0.3 is 4.57 Å². The maximum Gasteiger partial charge on any atom is 0.153 e. The molecule has 0 unspecified atom stereocenters. The number of nitrogens with zero attached hydrogens (tertiary/aromatic N) is 1. The maximum absolute atomic E-state index is 11.3. The van der Waals surface area contributed by atoms with Crippen LogP contribution < -0.4 is 0 Å². The highest BCUT2D eigenvalue weighted by Crippen LogP contribution is 2.29. The summed E-state index contributed by atoms with van der Waals surface area (Å²) < 4.78 is 3.06. The topological polar surface area (TPSA) is 22.0 Å². The zero-order valence-electron chi connectivity index (χ0n) is 11.6. The van der Waals surface area contributed by atoms with Crippen molar-refractivity contribution in [3.8, 4) is 0 Å². The van der Waals surface area contributed by atoms with Gasteiger partial charge in [0.2, 0.25) is 0 Å². The standard InChI is InChI=1S/C18H16BrNO/c19-18-16(13-21)15-10-4-5-11-17(15)20(18)12-6-9-14-7-2-1-3-8-14/h1-5,7-8,10-11,13H,6,9,12H2. The minimum atomic E-state index is 0.741. The molecule has 2 nitrogen and oxygen atoms in total. The van der Waals surface area contributed by atoms with Crippen molar-refractivity contribution in [2.24, 2.45) is 0 Å². The van der Waals surface area contributed by atoms with Crippen LogP contribution in [0.2, 0.25) is 0 Å². The monoisotopic (exact) mass is 341 g/mol. The Morgan fingerprint density at radius 2 is 1.71 bits per heavy atom. The molecule has 0 aliphatic rings. The van der Waals surface area contributed by atoms with Crippen LogP contribution in [-0.4, -0.2) is 10.9 Å². The zero-order chi connectivity index (χ0) is 14.7. The lowest BCUT2D eigenvalue weighted by Gasteiger charge is -2.07. The normalized spacial score (nSPS) is 10.9. The highest BCUT2D eigenvalue weighted by molar-refractivity contribution is 9.10. The molecular weight excluding hydrogens is 326 g/mol. The lowest BCUT2D eigenvalue weighted by Crippen LogP contribution is -2.00. The van der Waals surface area contributed by atoms with Gasteiger partial charge in [-0.1, -0.05) is 48.5 Å². The molecule has 21 heavy (non-hydrogen) atoms. The Balaban J connectivity index is 1.84. The minimum absolute atomic E-state index is 0.741. The van der Waals surface area contributed by atoms with Gasteiger partial charge in [0.25, 0.3) is 0 Å². The van der Waals surface area contributed by atoms with E-state index >= 15 is 0 Å². The van der Waals surface area contributed by atoms with Crippen LogP contribution in [0.5, 0.6) is 0 Å². The summed E-state index contributed by atoms with van der Waals surface area (Å²) in [6.07, 6.45) is 3.01. The van der Waals surface area contributed by atoms with Gasteiger partial charge in [0, 0.05) is 17.4 Å². The first-order chi connectivity index (χ1) is 10.3. The van der Waals surface area contributed by atoms with E-state index in [4.69, 9.17) is 0 Å². The van der Waals surface area contributed by atoms with Gasteiger partial charge in [-0.2, -0.15) is 0 Å². The van der Waals surface area contributed by atoms with Crippen LogP contribution in [0.4, 0.5) is 0 Å². The van der Waals surface area contributed by atoms with Gasteiger partial charge in [-0.05, 0) is 40.4 Å². The number of benzene rings is 2. The Kier molecular flexibility index (Phi) is 4.20. The van der Waals surface area contributed by atoms with Crippen molar-refractivity contribution >= 4 is 33.1 Å². The number of carbonyl (C=O) groups excluding carboxylic acids is 1. The van der Waals surface area contributed by atoms with Gasteiger partial charge in [0.1, 0.15) is 0 Å². The predicted octanol–water partition coefficient (Wildman–Crippen LogP) is 4.85. The fraction of sp³-hybridized carbons (Fsp3) is 0.167. The summed E-state index contributed by atoms with van der Waals surface area (Å²) in [5.41, 5.74) is 3.20. The van der Waals surface area contributed by atoms with Crippen LogP contribution in [0, 0.1) is 0 Å². The number of carbonyl (C=O) groups is 1. The molecule has 0 bridgehead atoms. The molecule has 0 fully saturated rings. The molecule has 2 aromatic carbocycles. The van der Waals surface area contributed by atoms with Crippen molar-refractivity contribution in [1.29, 1.82) is 0 Å². The van der Waals surface area contributed by atoms with Crippen molar-refractivity contribution in [1.82, 2.24) is 4.57 Å². The lowest BCUT2D eigenvalue weighted by atomic mass is 10.1. The average molecular weight is 342 g/mol. The fourth-order valence-electron chi connectivity index (χ4n) is 2.72. The summed E-state index contributed by atoms with van der Waals surface area (Å²) in [6, 6.07) is 18.5. The number of aldehydes is 1. The lowest BCUT2D eigenvalue weighted by molar-refractivity contribution is 0.112. The van der Waals surface area contributed by atoms with E-state index in [1.54, 1.807) is 0 Å². The van der Waals surface area contributed by atoms with Gasteiger partial charge in [0.05, 0.1) is 10.2 Å². The molecule has 3 heteroatoms. The summed E-state index contributed by atoms with van der Waals surface area (Å²) in [4.78, 5) is 11.3. The minimum Gasteiger partial charge on any atom is -0.335 e. The summed E-state index contributed by atoms with van der Waals surface area (Å²) in [5, 5.41) is 1.01. The van der Waals surface area contributed by atoms with Crippen LogP contribution in [0.15, 0.2) is 59.2 Å². The van der Waals surface area contributed by atoms with Crippen molar-refractivity contribution < 1.29 is 4.79 Å². The Morgan fingerprint density at radius 3 is 2.48 bits per heavy atom. The van der Waals surface area contributed by atoms with Crippen molar-refractivity contribution in [2.75, 3.05) is 0 Å². The molecular formula is C18H16BrNO. The van der Waals surface area contributed by atoms with E-state index in [1.165, 1.54) is 5.56 Å². The van der Waals surface area contributed by atoms with Crippen molar-refractivity contribution in [3.63, 3.8) is 0 Å². The number of para-hydroxylation sites is 1. The van der Waals surface area contributed by atoms with E-state index in [1.807, 2.05) is 24.3 Å². The molecule has 1 aromatic heterocycles. The first-order valence-corrected chi connectivity index (χ1v) is 7.86. The summed E-state index contributed by atoms with van der Waals surface area (Å²) in [7, 11) is 0. The highest BCUT2D eigenvalue weighted by atomic mass is 79.9. The van der Waals surface area contributed by atoms with Crippen molar-refractivity contribution in [2.45, 2.75) is 19.4 Å². The molecule has 3 aromatic rings. The third-order valence-corrected chi connectivity index (χ3v) is 4.61. The number of fused-ring (bicyclic) bond motifs is 1. The van der Waals surface area contributed by atoms with Gasteiger partial charge in [0.15, 0.2) is 6.29 Å². The molecule has 0 aliphatic heterocycles. The van der Waals surface area contributed by atoms with Crippen LogP contribution in [0.3, 0.4) is 0 Å². The van der Waals surface area contributed by atoms with E-state index in [-0.39, 0.29) is 0 Å². The van der Waals surface area contributed by atoms with Crippen molar-refractivity contribution in [3.05, 3.63) is 70.3 Å². The van der Waals surface area contributed by atoms with Gasteiger partial charge in [-0.15, -0.1) is 0 Å². The SMILES string of the molecule is O=Cc1c(Br)n(CCCc2ccccc2)c2ccccc12. The molecule has 1 heterocycles. The average Bonchev–Trinajstić information content (AvgIpc) is 2.80. The van der Waals surface area contributed by atoms with E-state index < -0.39 is 0 Å². The smallest absolute Gasteiger partial charge is 0.153 e. The number of hydrogen-bond acceptors (Lipinski definition) is 1. The third-order valence-electron chi connectivity index (χ3n) is 3.75. The predicted molar refractivity (Wildman–Crippen MR) is 89.8 cm³/mol. The largest absolute Gasteiger partial charge is 0.335 e. The Hall–Kier alpha value is -1.87. The molecule has 0 radical (unpaired) electrons. The number of halogens is 1. The quantitative estimate of drug-likeness (QED) is 0.608. The van der Waals surface area contributed by atoms with E-state index in [0.717, 1.165) is 46.7 Å². The molecule has 0 atom stereocenters. The first-order valence-electron chi connectivity index (χ1n) is 7.07. The Labute approximate surface area is 132 Å². The Morgan fingerprint density at radius 1 is 1.00 bits per heavy atom. The summed E-state index contributed by atoms with van der Waals surface area (Å²) in [6.45, 7) is 0.893. The van der Waals surface area contributed by atoms with E-state index in [2.05, 4.69) is 50.8 Å². The molecule has 0 saturated carbocycles. The number of aromatic nitrogens is 1. The molecule has 0 saturated heterocycles. The van der Waals surface area contributed by atoms with Crippen LogP contribution in [-0.2, 0) is 13.0 Å².